The van der Waals surface area contributed by atoms with Crippen molar-refractivity contribution in [3.63, 3.8) is 0 Å². The topological polar surface area (TPSA) is 32.3 Å². The van der Waals surface area contributed by atoms with Crippen LogP contribution in [-0.4, -0.2) is 37.0 Å². The predicted molar refractivity (Wildman–Crippen MR) is 67.4 cm³/mol. The Morgan fingerprint density at radius 2 is 2.12 bits per heavy atom. The zero-order chi connectivity index (χ0) is 12.0. The molecule has 1 aliphatic heterocycles. The highest BCUT2D eigenvalue weighted by atomic mass is 16.2. The van der Waals surface area contributed by atoms with Crippen molar-refractivity contribution in [3.8, 4) is 0 Å². The first-order valence-electron chi connectivity index (χ1n) is 6.59. The smallest absolute Gasteiger partial charge is 0.236 e. The molecular formula is C13H26N2O. The number of nitrogens with one attached hydrogen (secondary N) is 1. The Hall–Kier alpha value is -0.570. The minimum Gasteiger partial charge on any atom is -0.339 e. The van der Waals surface area contributed by atoms with E-state index in [1.165, 1.54) is 25.7 Å². The quantitative estimate of drug-likeness (QED) is 0.795. The number of carbonyl (C=O) groups is 1. The fourth-order valence-electron chi connectivity index (χ4n) is 2.55. The summed E-state index contributed by atoms with van der Waals surface area (Å²) in [5, 5.41) is 2.97. The van der Waals surface area contributed by atoms with Gasteiger partial charge in [0, 0.05) is 12.6 Å². The standard InChI is InChI=1S/C13H26N2O/c1-11(2)9-12-7-5-4-6-8-15(12)13(16)10-14-3/h11-12,14H,4-10H2,1-3H3. The van der Waals surface area contributed by atoms with Crippen molar-refractivity contribution < 1.29 is 4.79 Å². The third-order valence-corrected chi connectivity index (χ3v) is 3.27. The molecule has 0 saturated carbocycles. The maximum Gasteiger partial charge on any atom is 0.236 e. The van der Waals surface area contributed by atoms with Crippen LogP contribution in [0.25, 0.3) is 0 Å². The van der Waals surface area contributed by atoms with Gasteiger partial charge in [-0.05, 0) is 32.2 Å². The number of carbonyl (C=O) groups excluding carboxylic acids is 1. The van der Waals surface area contributed by atoms with Crippen molar-refractivity contribution in [2.24, 2.45) is 5.92 Å². The molecule has 0 aromatic rings. The van der Waals surface area contributed by atoms with E-state index in [4.69, 9.17) is 0 Å². The summed E-state index contributed by atoms with van der Waals surface area (Å²) in [6.07, 6.45) is 6.06. The van der Waals surface area contributed by atoms with Crippen LogP contribution in [0.1, 0.15) is 46.0 Å². The van der Waals surface area contributed by atoms with E-state index in [0.29, 0.717) is 18.5 Å². The third-order valence-electron chi connectivity index (χ3n) is 3.27. The van der Waals surface area contributed by atoms with Crippen molar-refractivity contribution in [1.82, 2.24) is 10.2 Å². The van der Waals surface area contributed by atoms with E-state index in [0.717, 1.165) is 13.0 Å². The lowest BCUT2D eigenvalue weighted by atomic mass is 9.99. The molecule has 0 bridgehead atoms. The molecule has 1 saturated heterocycles. The number of nitrogens with zero attached hydrogens (tertiary/aromatic N) is 1. The Labute approximate surface area is 99.6 Å². The van der Waals surface area contributed by atoms with E-state index in [9.17, 15) is 4.79 Å². The highest BCUT2D eigenvalue weighted by Gasteiger charge is 2.25. The number of likely N-dealkylation sites (N-methyl/N-ethyl adjacent to an activating group) is 1. The summed E-state index contributed by atoms with van der Waals surface area (Å²) in [5.41, 5.74) is 0. The zero-order valence-electron chi connectivity index (χ0n) is 11.0. The molecule has 1 rings (SSSR count). The Kier molecular flexibility index (Phi) is 5.81. The second-order valence-electron chi connectivity index (χ2n) is 5.25. The Balaban J connectivity index is 2.61. The molecule has 1 aliphatic rings. The van der Waals surface area contributed by atoms with Gasteiger partial charge in [0.05, 0.1) is 6.54 Å². The average Bonchev–Trinajstić information content (AvgIpc) is 2.43. The number of hydrogen-bond acceptors (Lipinski definition) is 2. The van der Waals surface area contributed by atoms with Gasteiger partial charge in [-0.1, -0.05) is 26.7 Å². The van der Waals surface area contributed by atoms with Gasteiger partial charge in [-0.3, -0.25) is 4.79 Å². The molecule has 1 heterocycles. The summed E-state index contributed by atoms with van der Waals surface area (Å²) in [6, 6.07) is 0.475. The molecule has 1 N–H and O–H groups in total. The summed E-state index contributed by atoms with van der Waals surface area (Å²) in [4.78, 5) is 14.1. The lowest BCUT2D eigenvalue weighted by molar-refractivity contribution is -0.132. The van der Waals surface area contributed by atoms with Gasteiger partial charge in [-0.2, -0.15) is 0 Å². The second kappa shape index (κ2) is 6.89. The molecular weight excluding hydrogens is 200 g/mol. The van der Waals surface area contributed by atoms with Gasteiger partial charge >= 0.3 is 0 Å². The Morgan fingerprint density at radius 1 is 1.38 bits per heavy atom. The highest BCUT2D eigenvalue weighted by Crippen LogP contribution is 2.22. The molecule has 3 nitrogen and oxygen atoms in total. The van der Waals surface area contributed by atoms with E-state index in [-0.39, 0.29) is 5.91 Å². The average molecular weight is 226 g/mol. The van der Waals surface area contributed by atoms with Gasteiger partial charge in [0.2, 0.25) is 5.91 Å². The molecule has 1 amide bonds. The molecule has 94 valence electrons. The zero-order valence-corrected chi connectivity index (χ0v) is 11.0. The van der Waals surface area contributed by atoms with Gasteiger partial charge < -0.3 is 10.2 Å². The second-order valence-corrected chi connectivity index (χ2v) is 5.25. The number of rotatable bonds is 4. The van der Waals surface area contributed by atoms with Crippen LogP contribution in [0, 0.1) is 5.92 Å². The van der Waals surface area contributed by atoms with Crippen LogP contribution in [0.2, 0.25) is 0 Å². The van der Waals surface area contributed by atoms with Crippen LogP contribution in [0.4, 0.5) is 0 Å². The van der Waals surface area contributed by atoms with Crippen molar-refractivity contribution in [3.05, 3.63) is 0 Å². The molecule has 1 atom stereocenters. The molecule has 16 heavy (non-hydrogen) atoms. The van der Waals surface area contributed by atoms with E-state index in [2.05, 4.69) is 24.1 Å². The van der Waals surface area contributed by atoms with Crippen molar-refractivity contribution >= 4 is 5.91 Å². The lowest BCUT2D eigenvalue weighted by Crippen LogP contribution is -2.44. The summed E-state index contributed by atoms with van der Waals surface area (Å²) < 4.78 is 0. The third kappa shape index (κ3) is 4.12. The van der Waals surface area contributed by atoms with E-state index in [1.54, 1.807) is 0 Å². The van der Waals surface area contributed by atoms with Crippen LogP contribution < -0.4 is 5.32 Å². The van der Waals surface area contributed by atoms with Crippen LogP contribution >= 0.6 is 0 Å². The Bertz CT molecular complexity index is 216. The number of hydrogen-bond donors (Lipinski definition) is 1. The summed E-state index contributed by atoms with van der Waals surface area (Å²) in [7, 11) is 1.84. The van der Waals surface area contributed by atoms with Crippen molar-refractivity contribution in [2.75, 3.05) is 20.1 Å². The van der Waals surface area contributed by atoms with Crippen LogP contribution in [-0.2, 0) is 4.79 Å². The van der Waals surface area contributed by atoms with Gasteiger partial charge in [0.1, 0.15) is 0 Å². The summed E-state index contributed by atoms with van der Waals surface area (Å²) in [5.74, 6) is 0.947. The first-order chi connectivity index (χ1) is 7.65. The monoisotopic (exact) mass is 226 g/mol. The lowest BCUT2D eigenvalue weighted by Gasteiger charge is -2.31. The fraction of sp³-hybridized carbons (Fsp3) is 0.923. The molecule has 0 aliphatic carbocycles. The number of amides is 1. The van der Waals surface area contributed by atoms with Crippen LogP contribution in [0.15, 0.2) is 0 Å². The largest absolute Gasteiger partial charge is 0.339 e. The Morgan fingerprint density at radius 3 is 2.75 bits per heavy atom. The van der Waals surface area contributed by atoms with E-state index < -0.39 is 0 Å². The summed E-state index contributed by atoms with van der Waals surface area (Å²) >= 11 is 0. The van der Waals surface area contributed by atoms with Crippen molar-refractivity contribution in [2.45, 2.75) is 52.0 Å². The fourth-order valence-corrected chi connectivity index (χ4v) is 2.55. The van der Waals surface area contributed by atoms with Gasteiger partial charge in [-0.25, -0.2) is 0 Å². The number of likely N-dealkylation sites (tertiary alicyclic amines) is 1. The maximum atomic E-state index is 12.0. The predicted octanol–water partition coefficient (Wildman–Crippen LogP) is 2.02. The molecule has 0 radical (unpaired) electrons. The van der Waals surface area contributed by atoms with Crippen molar-refractivity contribution in [1.29, 1.82) is 0 Å². The van der Waals surface area contributed by atoms with E-state index >= 15 is 0 Å². The minimum absolute atomic E-state index is 0.273. The highest BCUT2D eigenvalue weighted by molar-refractivity contribution is 5.78. The first kappa shape index (κ1) is 13.5. The molecule has 0 aromatic carbocycles. The summed E-state index contributed by atoms with van der Waals surface area (Å²) in [6.45, 7) is 5.92. The SMILES string of the molecule is CNCC(=O)N1CCCCCC1CC(C)C. The molecule has 1 fully saturated rings. The molecule has 1 unspecified atom stereocenters. The van der Waals surface area contributed by atoms with E-state index in [1.807, 2.05) is 7.05 Å². The van der Waals surface area contributed by atoms with Gasteiger partial charge in [0.15, 0.2) is 0 Å². The normalized spacial score (nSPS) is 22.2. The maximum absolute atomic E-state index is 12.0. The van der Waals surface area contributed by atoms with Crippen LogP contribution in [0.3, 0.4) is 0 Å². The molecule has 3 heteroatoms. The van der Waals surface area contributed by atoms with Crippen LogP contribution in [0.5, 0.6) is 0 Å². The minimum atomic E-state index is 0.273. The van der Waals surface area contributed by atoms with Gasteiger partial charge in [-0.15, -0.1) is 0 Å². The molecule has 0 aromatic heterocycles. The first-order valence-corrected chi connectivity index (χ1v) is 6.59. The molecule has 0 spiro atoms. The van der Waals surface area contributed by atoms with Gasteiger partial charge in [0.25, 0.3) is 0 Å².